The van der Waals surface area contributed by atoms with E-state index in [1.165, 1.54) is 12.8 Å². The molecule has 0 amide bonds. The van der Waals surface area contributed by atoms with E-state index in [-0.39, 0.29) is 17.2 Å². The molecule has 1 aliphatic carbocycles. The van der Waals surface area contributed by atoms with E-state index < -0.39 is 0 Å². The van der Waals surface area contributed by atoms with Crippen LogP contribution in [0.25, 0.3) is 0 Å². The molecule has 1 aromatic heterocycles. The summed E-state index contributed by atoms with van der Waals surface area (Å²) in [4.78, 5) is 16.5. The van der Waals surface area contributed by atoms with Crippen LogP contribution in [0.4, 0.5) is 0 Å². The lowest BCUT2D eigenvalue weighted by Gasteiger charge is -2.28. The number of halogens is 1. The van der Waals surface area contributed by atoms with E-state index in [1.807, 2.05) is 6.20 Å². The minimum Gasteiger partial charge on any atom is -0.493 e. The number of carbonyl (C=O) groups excluding carboxylic acids is 1. The molecule has 1 saturated carbocycles. The maximum absolute atomic E-state index is 11.9. The number of ketones is 1. The molecule has 0 spiro atoms. The molecule has 0 radical (unpaired) electrons. The standard InChI is InChI=1S/C19H18BrNO4/c1-23-16-6-13(15(22)8-20)7-17-19(16)25-18(10-24-17)12-4-5-14(21-9-12)11-2-3-11/h4-7,9,11,18H,2-3,8,10H2,1H3. The molecule has 6 heteroatoms. The van der Waals surface area contributed by atoms with Crippen LogP contribution >= 0.6 is 15.9 Å². The molecule has 25 heavy (non-hydrogen) atoms. The third-order valence-electron chi connectivity index (χ3n) is 4.51. The Balaban J connectivity index is 1.60. The SMILES string of the molecule is COc1cc(C(=O)CBr)cc2c1OC(c1ccc(C3CC3)nc1)CO2. The fourth-order valence-electron chi connectivity index (χ4n) is 2.92. The van der Waals surface area contributed by atoms with Gasteiger partial charge < -0.3 is 14.2 Å². The monoisotopic (exact) mass is 403 g/mol. The second-order valence-corrected chi connectivity index (χ2v) is 6.83. The van der Waals surface area contributed by atoms with Crippen molar-refractivity contribution in [2.24, 2.45) is 0 Å². The summed E-state index contributed by atoms with van der Waals surface area (Å²) in [5.41, 5.74) is 2.65. The zero-order valence-corrected chi connectivity index (χ0v) is 15.4. The van der Waals surface area contributed by atoms with Crippen molar-refractivity contribution in [2.75, 3.05) is 19.0 Å². The molecule has 5 nitrogen and oxygen atoms in total. The number of fused-ring (bicyclic) bond motifs is 1. The van der Waals surface area contributed by atoms with E-state index in [1.54, 1.807) is 19.2 Å². The van der Waals surface area contributed by atoms with E-state index >= 15 is 0 Å². The third kappa shape index (κ3) is 3.23. The molecule has 1 unspecified atom stereocenters. The highest BCUT2D eigenvalue weighted by atomic mass is 79.9. The van der Waals surface area contributed by atoms with Crippen molar-refractivity contribution < 1.29 is 19.0 Å². The zero-order valence-electron chi connectivity index (χ0n) is 13.8. The summed E-state index contributed by atoms with van der Waals surface area (Å²) >= 11 is 3.19. The van der Waals surface area contributed by atoms with Gasteiger partial charge in [0, 0.05) is 28.9 Å². The number of methoxy groups -OCH3 is 1. The van der Waals surface area contributed by atoms with Crippen LogP contribution in [0.15, 0.2) is 30.5 Å². The molecule has 1 atom stereocenters. The van der Waals surface area contributed by atoms with Crippen LogP contribution in [0.1, 0.15) is 46.5 Å². The molecule has 0 bridgehead atoms. The summed E-state index contributed by atoms with van der Waals surface area (Å²) in [7, 11) is 1.55. The average molecular weight is 404 g/mol. The molecule has 1 aromatic carbocycles. The summed E-state index contributed by atoms with van der Waals surface area (Å²) < 4.78 is 17.4. The number of Topliss-reactive ketones (excluding diaryl/α,β-unsaturated/α-hetero) is 1. The molecule has 130 valence electrons. The van der Waals surface area contributed by atoms with E-state index in [2.05, 4.69) is 33.0 Å². The number of ether oxygens (including phenoxy) is 3. The van der Waals surface area contributed by atoms with Gasteiger partial charge in [-0.25, -0.2) is 0 Å². The van der Waals surface area contributed by atoms with Gasteiger partial charge in [-0.1, -0.05) is 22.0 Å². The molecule has 4 rings (SSSR count). The average Bonchev–Trinajstić information content (AvgIpc) is 3.51. The molecule has 1 aliphatic heterocycles. The second kappa shape index (κ2) is 6.67. The first-order valence-corrected chi connectivity index (χ1v) is 9.38. The number of benzene rings is 1. The number of pyridine rings is 1. The second-order valence-electron chi connectivity index (χ2n) is 6.27. The van der Waals surface area contributed by atoms with Gasteiger partial charge in [0.2, 0.25) is 5.75 Å². The van der Waals surface area contributed by atoms with Crippen molar-refractivity contribution in [1.29, 1.82) is 0 Å². The Labute approximate surface area is 154 Å². The van der Waals surface area contributed by atoms with E-state index in [4.69, 9.17) is 14.2 Å². The number of hydrogen-bond donors (Lipinski definition) is 0. The highest BCUT2D eigenvalue weighted by Gasteiger charge is 2.29. The lowest BCUT2D eigenvalue weighted by Crippen LogP contribution is -2.22. The number of carbonyl (C=O) groups is 1. The number of aromatic nitrogens is 1. The summed E-state index contributed by atoms with van der Waals surface area (Å²) in [5.74, 6) is 2.14. The Hall–Kier alpha value is -2.08. The first kappa shape index (κ1) is 16.4. The predicted molar refractivity (Wildman–Crippen MR) is 96.2 cm³/mol. The lowest BCUT2D eigenvalue weighted by molar-refractivity contribution is 0.0863. The van der Waals surface area contributed by atoms with Crippen molar-refractivity contribution in [3.63, 3.8) is 0 Å². The third-order valence-corrected chi connectivity index (χ3v) is 5.02. The van der Waals surface area contributed by atoms with Crippen molar-refractivity contribution in [1.82, 2.24) is 4.98 Å². The van der Waals surface area contributed by atoms with Gasteiger partial charge in [-0.2, -0.15) is 0 Å². The molecule has 0 saturated heterocycles. The minimum absolute atomic E-state index is 0.0355. The predicted octanol–water partition coefficient (Wildman–Crippen LogP) is 4.06. The van der Waals surface area contributed by atoms with E-state index in [0.29, 0.717) is 35.3 Å². The van der Waals surface area contributed by atoms with E-state index in [9.17, 15) is 4.79 Å². The van der Waals surface area contributed by atoms with E-state index in [0.717, 1.165) is 11.3 Å². The molecule has 1 fully saturated rings. The molecule has 2 heterocycles. The van der Waals surface area contributed by atoms with Crippen LogP contribution in [0.3, 0.4) is 0 Å². The van der Waals surface area contributed by atoms with Gasteiger partial charge >= 0.3 is 0 Å². The molecule has 2 aliphatic rings. The molecular weight excluding hydrogens is 386 g/mol. The maximum Gasteiger partial charge on any atom is 0.204 e. The van der Waals surface area contributed by atoms with Gasteiger partial charge in [0.25, 0.3) is 0 Å². The summed E-state index contributed by atoms with van der Waals surface area (Å²) in [6.45, 7) is 0.368. The maximum atomic E-state index is 11.9. The van der Waals surface area contributed by atoms with Crippen LogP contribution in [0.5, 0.6) is 17.2 Å². The minimum atomic E-state index is -0.250. The van der Waals surface area contributed by atoms with Crippen molar-refractivity contribution in [3.05, 3.63) is 47.3 Å². The largest absolute Gasteiger partial charge is 0.493 e. The van der Waals surface area contributed by atoms with Gasteiger partial charge in [-0.15, -0.1) is 0 Å². The van der Waals surface area contributed by atoms with Crippen molar-refractivity contribution >= 4 is 21.7 Å². The number of nitrogens with zero attached hydrogens (tertiary/aromatic N) is 1. The van der Waals surface area contributed by atoms with Crippen LogP contribution in [0.2, 0.25) is 0 Å². The van der Waals surface area contributed by atoms with Gasteiger partial charge in [-0.05, 0) is 31.0 Å². The van der Waals surface area contributed by atoms with Crippen LogP contribution in [0, 0.1) is 0 Å². The topological polar surface area (TPSA) is 57.7 Å². The number of rotatable bonds is 5. The highest BCUT2D eigenvalue weighted by Crippen LogP contribution is 2.45. The summed E-state index contributed by atoms with van der Waals surface area (Å²) in [6, 6.07) is 7.50. The smallest absolute Gasteiger partial charge is 0.204 e. The van der Waals surface area contributed by atoms with Crippen LogP contribution in [-0.2, 0) is 0 Å². The highest BCUT2D eigenvalue weighted by molar-refractivity contribution is 9.09. The fraction of sp³-hybridized carbons (Fsp3) is 0.368. The molecule has 0 N–H and O–H groups in total. The molecular formula is C19H18BrNO4. The van der Waals surface area contributed by atoms with Gasteiger partial charge in [0.05, 0.1) is 12.4 Å². The molecule has 2 aromatic rings. The van der Waals surface area contributed by atoms with Crippen LogP contribution in [-0.4, -0.2) is 29.8 Å². The Morgan fingerprint density at radius 3 is 2.84 bits per heavy atom. The Bertz CT molecular complexity index is 785. The van der Waals surface area contributed by atoms with Crippen LogP contribution < -0.4 is 14.2 Å². The zero-order chi connectivity index (χ0) is 17.4. The Morgan fingerprint density at radius 2 is 2.20 bits per heavy atom. The Kier molecular flexibility index (Phi) is 4.37. The summed E-state index contributed by atoms with van der Waals surface area (Å²) in [6.07, 6.45) is 4.08. The van der Waals surface area contributed by atoms with Gasteiger partial charge in [0.1, 0.15) is 6.61 Å². The quantitative estimate of drug-likeness (QED) is 0.556. The van der Waals surface area contributed by atoms with Gasteiger partial charge in [-0.3, -0.25) is 9.78 Å². The summed E-state index contributed by atoms with van der Waals surface area (Å²) in [5, 5.41) is 0.247. The Morgan fingerprint density at radius 1 is 1.36 bits per heavy atom. The fourth-order valence-corrected chi connectivity index (χ4v) is 3.25. The normalized spacial score (nSPS) is 18.7. The van der Waals surface area contributed by atoms with Gasteiger partial charge in [0.15, 0.2) is 23.4 Å². The lowest BCUT2D eigenvalue weighted by atomic mass is 10.1. The first-order chi connectivity index (χ1) is 12.2. The number of alkyl halides is 1. The van der Waals surface area contributed by atoms with Crippen molar-refractivity contribution in [3.8, 4) is 17.2 Å². The van der Waals surface area contributed by atoms with Crippen molar-refractivity contribution in [2.45, 2.75) is 24.9 Å². The number of hydrogen-bond acceptors (Lipinski definition) is 5. The first-order valence-electron chi connectivity index (χ1n) is 8.26.